The van der Waals surface area contributed by atoms with Crippen LogP contribution in [0.5, 0.6) is 5.75 Å². The summed E-state index contributed by atoms with van der Waals surface area (Å²) in [5.41, 5.74) is 0.618. The second-order valence-electron chi connectivity index (χ2n) is 7.60. The molecule has 0 aliphatic rings. The van der Waals surface area contributed by atoms with Crippen molar-refractivity contribution in [3.8, 4) is 5.75 Å². The molecule has 188 valence electrons. The average molecular weight is 510 g/mol. The van der Waals surface area contributed by atoms with Gasteiger partial charge in [-0.15, -0.1) is 0 Å². The first kappa shape index (κ1) is 28.1. The predicted octanol–water partition coefficient (Wildman–Crippen LogP) is 5.50. The van der Waals surface area contributed by atoms with Crippen LogP contribution in [0.2, 0.25) is 0 Å². The third kappa shape index (κ3) is 9.91. The molecule has 0 saturated carbocycles. The zero-order chi connectivity index (χ0) is 26.1. The summed E-state index contributed by atoms with van der Waals surface area (Å²) in [6.07, 6.45) is -4.52. The van der Waals surface area contributed by atoms with Crippen molar-refractivity contribution in [1.29, 1.82) is 0 Å². The fraction of sp³-hybridized carbons (Fsp3) is 0.200. The second-order valence-corrected chi connectivity index (χ2v) is 8.50. The third-order valence-corrected chi connectivity index (χ3v) is 4.61. The van der Waals surface area contributed by atoms with E-state index in [9.17, 15) is 13.2 Å². The summed E-state index contributed by atoms with van der Waals surface area (Å²) in [5.74, 6) is 0.626. The minimum atomic E-state index is -4.67. The monoisotopic (exact) mass is 509 g/mol. The highest BCUT2D eigenvalue weighted by Gasteiger charge is 2.38. The van der Waals surface area contributed by atoms with Gasteiger partial charge in [-0.1, -0.05) is 72.8 Å². The van der Waals surface area contributed by atoms with E-state index in [2.05, 4.69) is 0 Å². The smallest absolute Gasteiger partial charge is 0.417 e. The maximum absolute atomic E-state index is 14.3. The Bertz CT molecular complexity index is 1190. The van der Waals surface area contributed by atoms with Crippen LogP contribution < -0.4 is 4.74 Å². The molecule has 0 amide bonds. The maximum atomic E-state index is 14.3. The Balaban J connectivity index is 0.000000784. The minimum Gasteiger partial charge on any atom is -0.492 e. The molecule has 0 bridgehead atoms. The molecule has 0 unspecified atom stereocenters. The van der Waals surface area contributed by atoms with Crippen LogP contribution in [-0.2, 0) is 10.4 Å². The first-order valence-corrected chi connectivity index (χ1v) is 11.8. The Morgan fingerprint density at radius 2 is 1.23 bits per heavy atom. The van der Waals surface area contributed by atoms with E-state index in [1.54, 1.807) is 72.8 Å². The fourth-order valence-corrected chi connectivity index (χ4v) is 3.18. The van der Waals surface area contributed by atoms with Gasteiger partial charge in [-0.2, -0.15) is 21.6 Å². The lowest BCUT2D eigenvalue weighted by molar-refractivity contribution is -0.0685. The van der Waals surface area contributed by atoms with Crippen LogP contribution in [0, 0.1) is 0 Å². The van der Waals surface area contributed by atoms with Gasteiger partial charge < -0.3 is 9.64 Å². The average Bonchev–Trinajstić information content (AvgIpc) is 2.77. The molecule has 0 heterocycles. The SMILES string of the molecule is CN(C)CCOc1ccc(C(=C(c2ccccc2)C(F)(F)F)c2ccccc2)cc1.O=S(=O)(O)O. The van der Waals surface area contributed by atoms with Gasteiger partial charge in [-0.05, 0) is 42.9 Å². The summed E-state index contributed by atoms with van der Waals surface area (Å²) in [4.78, 5) is 2.00. The molecular weight excluding hydrogens is 483 g/mol. The van der Waals surface area contributed by atoms with Crippen molar-refractivity contribution < 1.29 is 35.4 Å². The van der Waals surface area contributed by atoms with Crippen LogP contribution in [0.4, 0.5) is 13.2 Å². The van der Waals surface area contributed by atoms with Crippen molar-refractivity contribution in [2.45, 2.75) is 6.18 Å². The standard InChI is InChI=1S/C25H24F3NO.H2O4S/c1-29(2)17-18-30-22-15-13-20(14-16-22)23(19-9-5-3-6-10-19)24(25(26,27)28)21-11-7-4-8-12-21;1-5(2,3)4/h3-16H,17-18H2,1-2H3;(H2,1,2,3,4). The summed E-state index contributed by atoms with van der Waals surface area (Å²) >= 11 is 0. The van der Waals surface area contributed by atoms with Gasteiger partial charge in [0, 0.05) is 12.1 Å². The van der Waals surface area contributed by atoms with Gasteiger partial charge in [0.05, 0.1) is 5.57 Å². The zero-order valence-electron chi connectivity index (χ0n) is 19.1. The number of allylic oxidation sites excluding steroid dienone is 1. The van der Waals surface area contributed by atoms with Gasteiger partial charge in [-0.25, -0.2) is 0 Å². The van der Waals surface area contributed by atoms with Gasteiger partial charge in [0.15, 0.2) is 0 Å². The predicted molar refractivity (Wildman–Crippen MR) is 130 cm³/mol. The highest BCUT2D eigenvalue weighted by atomic mass is 32.3. The van der Waals surface area contributed by atoms with Crippen LogP contribution in [-0.4, -0.2) is 55.8 Å². The number of nitrogens with zero attached hydrogens (tertiary/aromatic N) is 1. The summed E-state index contributed by atoms with van der Waals surface area (Å²) in [5, 5.41) is 0. The molecule has 0 aliphatic carbocycles. The molecule has 35 heavy (non-hydrogen) atoms. The van der Waals surface area contributed by atoms with Crippen molar-refractivity contribution in [3.05, 3.63) is 102 Å². The largest absolute Gasteiger partial charge is 0.492 e. The number of rotatable bonds is 7. The molecule has 0 saturated heterocycles. The van der Waals surface area contributed by atoms with E-state index in [1.807, 2.05) is 19.0 Å². The van der Waals surface area contributed by atoms with E-state index in [0.29, 0.717) is 23.5 Å². The van der Waals surface area contributed by atoms with Crippen molar-refractivity contribution in [1.82, 2.24) is 4.90 Å². The maximum Gasteiger partial charge on any atom is 0.417 e. The summed E-state index contributed by atoms with van der Waals surface area (Å²) in [7, 11) is -0.767. The number of hydrogen-bond donors (Lipinski definition) is 2. The lowest BCUT2D eigenvalue weighted by Gasteiger charge is -2.20. The number of ether oxygens (including phenoxy) is 1. The van der Waals surface area contributed by atoms with E-state index in [0.717, 1.165) is 6.54 Å². The van der Waals surface area contributed by atoms with E-state index in [1.165, 1.54) is 12.1 Å². The van der Waals surface area contributed by atoms with Crippen LogP contribution in [0.3, 0.4) is 0 Å². The van der Waals surface area contributed by atoms with E-state index < -0.39 is 22.1 Å². The molecule has 3 aromatic rings. The number of halogens is 3. The molecule has 0 aromatic heterocycles. The van der Waals surface area contributed by atoms with E-state index in [4.69, 9.17) is 22.3 Å². The van der Waals surface area contributed by atoms with Gasteiger partial charge >= 0.3 is 16.6 Å². The molecular formula is C25H26F3NO5S. The second kappa shape index (κ2) is 12.5. The molecule has 0 atom stereocenters. The number of likely N-dealkylation sites (N-methyl/N-ethyl adjacent to an activating group) is 1. The van der Waals surface area contributed by atoms with Crippen molar-refractivity contribution >= 4 is 21.5 Å². The van der Waals surface area contributed by atoms with Gasteiger partial charge in [-0.3, -0.25) is 9.11 Å². The molecule has 0 fully saturated rings. The molecule has 0 spiro atoms. The summed E-state index contributed by atoms with van der Waals surface area (Å²) in [6.45, 7) is 1.26. The third-order valence-electron chi connectivity index (χ3n) is 4.61. The topological polar surface area (TPSA) is 87.1 Å². The Kier molecular flexibility index (Phi) is 10.0. The fourth-order valence-electron chi connectivity index (χ4n) is 3.18. The Morgan fingerprint density at radius 3 is 1.66 bits per heavy atom. The molecule has 6 nitrogen and oxygen atoms in total. The molecule has 2 N–H and O–H groups in total. The lowest BCUT2D eigenvalue weighted by Crippen LogP contribution is -2.19. The lowest BCUT2D eigenvalue weighted by atomic mass is 9.89. The van der Waals surface area contributed by atoms with E-state index >= 15 is 0 Å². The highest BCUT2D eigenvalue weighted by Crippen LogP contribution is 2.42. The Morgan fingerprint density at radius 1 is 0.800 bits per heavy atom. The van der Waals surface area contributed by atoms with Gasteiger partial charge in [0.25, 0.3) is 0 Å². The normalized spacial score (nSPS) is 12.5. The minimum absolute atomic E-state index is 0.134. The van der Waals surface area contributed by atoms with Crippen molar-refractivity contribution in [3.63, 3.8) is 0 Å². The quantitative estimate of drug-likeness (QED) is 0.323. The highest BCUT2D eigenvalue weighted by molar-refractivity contribution is 7.79. The number of benzene rings is 3. The molecule has 0 aliphatic heterocycles. The Hall–Kier alpha value is -3.18. The zero-order valence-corrected chi connectivity index (χ0v) is 19.9. The number of alkyl halides is 3. The summed E-state index contributed by atoms with van der Waals surface area (Å²) < 4.78 is 80.1. The van der Waals surface area contributed by atoms with Crippen molar-refractivity contribution in [2.24, 2.45) is 0 Å². The van der Waals surface area contributed by atoms with Crippen molar-refractivity contribution in [2.75, 3.05) is 27.2 Å². The Labute approximate surface area is 202 Å². The van der Waals surface area contributed by atoms with Gasteiger partial charge in [0.1, 0.15) is 12.4 Å². The molecule has 3 aromatic carbocycles. The molecule has 3 rings (SSSR count). The molecule has 10 heteroatoms. The molecule has 0 radical (unpaired) electrons. The summed E-state index contributed by atoms with van der Waals surface area (Å²) in [6, 6.07) is 23.4. The van der Waals surface area contributed by atoms with Crippen LogP contribution in [0.25, 0.3) is 11.1 Å². The first-order valence-electron chi connectivity index (χ1n) is 10.4. The number of hydrogen-bond acceptors (Lipinski definition) is 4. The van der Waals surface area contributed by atoms with Crippen LogP contribution in [0.15, 0.2) is 84.9 Å². The van der Waals surface area contributed by atoms with Crippen LogP contribution >= 0.6 is 0 Å². The van der Waals surface area contributed by atoms with Gasteiger partial charge in [0.2, 0.25) is 0 Å². The first-order chi connectivity index (χ1) is 16.4. The van der Waals surface area contributed by atoms with Crippen LogP contribution in [0.1, 0.15) is 16.7 Å². The van der Waals surface area contributed by atoms with E-state index in [-0.39, 0.29) is 11.1 Å².